The number of aliphatic hydroxyl groups excluding tert-OH is 1. The number of likely N-dealkylation sites (tertiary alicyclic amines) is 1. The minimum atomic E-state index is -0.389. The fourth-order valence-corrected chi connectivity index (χ4v) is 2.83. The van der Waals surface area contributed by atoms with Crippen LogP contribution in [0, 0.1) is 0 Å². The molecule has 2 unspecified atom stereocenters. The number of carbonyl (C=O) groups excluding carboxylic acids is 1. The molecule has 5 heteroatoms. The van der Waals surface area contributed by atoms with E-state index >= 15 is 0 Å². The quantitative estimate of drug-likeness (QED) is 0.903. The second-order valence-corrected chi connectivity index (χ2v) is 5.40. The molecule has 1 aromatic carbocycles. The fourth-order valence-electron chi connectivity index (χ4n) is 2.83. The molecule has 106 valence electrons. The SMILES string of the molecule is CC(C(=O)N1CCCC(O)C1)n1cnc2ccccc21. The summed E-state index contributed by atoms with van der Waals surface area (Å²) in [7, 11) is 0. The molecule has 0 bridgehead atoms. The first-order valence-electron chi connectivity index (χ1n) is 7.05. The minimum Gasteiger partial charge on any atom is -0.391 e. The molecule has 1 saturated heterocycles. The minimum absolute atomic E-state index is 0.0481. The lowest BCUT2D eigenvalue weighted by Crippen LogP contribution is -2.44. The Morgan fingerprint density at radius 1 is 1.45 bits per heavy atom. The van der Waals surface area contributed by atoms with Crippen molar-refractivity contribution in [1.82, 2.24) is 14.5 Å². The summed E-state index contributed by atoms with van der Waals surface area (Å²) in [5.41, 5.74) is 1.86. The zero-order valence-electron chi connectivity index (χ0n) is 11.6. The topological polar surface area (TPSA) is 58.4 Å². The molecule has 0 aliphatic carbocycles. The third-order valence-corrected chi connectivity index (χ3v) is 3.96. The van der Waals surface area contributed by atoms with Crippen molar-refractivity contribution < 1.29 is 9.90 Å². The van der Waals surface area contributed by atoms with Gasteiger partial charge in [-0.15, -0.1) is 0 Å². The van der Waals surface area contributed by atoms with Gasteiger partial charge in [0.1, 0.15) is 6.04 Å². The number of fused-ring (bicyclic) bond motifs is 1. The number of aromatic nitrogens is 2. The number of imidazole rings is 1. The maximum atomic E-state index is 12.6. The standard InChI is InChI=1S/C15H19N3O2/c1-11(15(20)17-8-4-5-12(19)9-17)18-10-16-13-6-2-3-7-14(13)18/h2-3,6-7,10-12,19H,4-5,8-9H2,1H3. The Bertz CT molecular complexity index is 622. The molecule has 3 rings (SSSR count). The number of hydrogen-bond donors (Lipinski definition) is 1. The first-order chi connectivity index (χ1) is 9.66. The van der Waals surface area contributed by atoms with E-state index in [9.17, 15) is 9.90 Å². The van der Waals surface area contributed by atoms with Crippen molar-refractivity contribution in [1.29, 1.82) is 0 Å². The van der Waals surface area contributed by atoms with Gasteiger partial charge in [-0.2, -0.15) is 0 Å². The van der Waals surface area contributed by atoms with E-state index in [4.69, 9.17) is 0 Å². The molecule has 1 amide bonds. The average molecular weight is 273 g/mol. The second-order valence-electron chi connectivity index (χ2n) is 5.40. The van der Waals surface area contributed by atoms with Crippen molar-refractivity contribution in [3.63, 3.8) is 0 Å². The van der Waals surface area contributed by atoms with Crippen molar-refractivity contribution in [3.8, 4) is 0 Å². The molecule has 0 saturated carbocycles. The maximum absolute atomic E-state index is 12.6. The van der Waals surface area contributed by atoms with Crippen LogP contribution in [0.15, 0.2) is 30.6 Å². The number of rotatable bonds is 2. The molecule has 2 heterocycles. The molecular weight excluding hydrogens is 254 g/mol. The van der Waals surface area contributed by atoms with E-state index in [2.05, 4.69) is 4.98 Å². The predicted molar refractivity (Wildman–Crippen MR) is 76.3 cm³/mol. The van der Waals surface area contributed by atoms with E-state index in [0.29, 0.717) is 6.54 Å². The number of piperidine rings is 1. The van der Waals surface area contributed by atoms with E-state index in [1.165, 1.54) is 0 Å². The van der Waals surface area contributed by atoms with Gasteiger partial charge in [0.05, 0.1) is 23.5 Å². The number of carbonyl (C=O) groups is 1. The molecule has 2 aromatic rings. The molecule has 20 heavy (non-hydrogen) atoms. The normalized spacial score (nSPS) is 21.1. The molecule has 0 spiro atoms. The van der Waals surface area contributed by atoms with Gasteiger partial charge in [0, 0.05) is 13.1 Å². The van der Waals surface area contributed by atoms with Crippen molar-refractivity contribution >= 4 is 16.9 Å². The first-order valence-corrected chi connectivity index (χ1v) is 7.05. The zero-order valence-corrected chi connectivity index (χ0v) is 11.6. The first kappa shape index (κ1) is 13.1. The Kier molecular flexibility index (Phi) is 3.44. The van der Waals surface area contributed by atoms with Crippen LogP contribution in [0.1, 0.15) is 25.8 Å². The van der Waals surface area contributed by atoms with E-state index in [1.54, 1.807) is 11.2 Å². The third kappa shape index (κ3) is 2.29. The summed E-state index contributed by atoms with van der Waals surface area (Å²) in [5, 5.41) is 9.70. The van der Waals surface area contributed by atoms with Gasteiger partial charge in [-0.3, -0.25) is 4.79 Å². The van der Waals surface area contributed by atoms with Crippen LogP contribution in [0.2, 0.25) is 0 Å². The number of benzene rings is 1. The van der Waals surface area contributed by atoms with E-state index < -0.39 is 0 Å². The highest BCUT2D eigenvalue weighted by Crippen LogP contribution is 2.20. The lowest BCUT2D eigenvalue weighted by atomic mass is 10.1. The van der Waals surface area contributed by atoms with Crippen LogP contribution in [0.3, 0.4) is 0 Å². The number of aliphatic hydroxyl groups is 1. The van der Waals surface area contributed by atoms with Crippen molar-refractivity contribution in [2.24, 2.45) is 0 Å². The Balaban J connectivity index is 1.84. The van der Waals surface area contributed by atoms with Crippen LogP contribution in [-0.2, 0) is 4.79 Å². The van der Waals surface area contributed by atoms with Crippen molar-refractivity contribution in [2.45, 2.75) is 31.9 Å². The summed E-state index contributed by atoms with van der Waals surface area (Å²) in [6, 6.07) is 7.49. The lowest BCUT2D eigenvalue weighted by Gasteiger charge is -2.32. The Morgan fingerprint density at radius 2 is 2.25 bits per heavy atom. The summed E-state index contributed by atoms with van der Waals surface area (Å²) < 4.78 is 1.90. The number of amides is 1. The Hall–Kier alpha value is -1.88. The zero-order chi connectivity index (χ0) is 14.1. The molecule has 0 radical (unpaired) electrons. The predicted octanol–water partition coefficient (Wildman–Crippen LogP) is 1.58. The summed E-state index contributed by atoms with van der Waals surface area (Å²) in [6.07, 6.45) is 2.98. The van der Waals surface area contributed by atoms with Crippen molar-refractivity contribution in [2.75, 3.05) is 13.1 Å². The molecule has 2 atom stereocenters. The van der Waals surface area contributed by atoms with Crippen molar-refractivity contribution in [3.05, 3.63) is 30.6 Å². The second kappa shape index (κ2) is 5.25. The van der Waals surface area contributed by atoms with Gasteiger partial charge in [0.15, 0.2) is 0 Å². The molecule has 1 aliphatic rings. The molecule has 1 N–H and O–H groups in total. The van der Waals surface area contributed by atoms with Crippen LogP contribution in [0.5, 0.6) is 0 Å². The highest BCUT2D eigenvalue weighted by molar-refractivity contribution is 5.83. The van der Waals surface area contributed by atoms with Crippen LogP contribution >= 0.6 is 0 Å². The van der Waals surface area contributed by atoms with Gasteiger partial charge in [0.2, 0.25) is 5.91 Å². The van der Waals surface area contributed by atoms with Gasteiger partial charge < -0.3 is 14.6 Å². The monoisotopic (exact) mass is 273 g/mol. The lowest BCUT2D eigenvalue weighted by molar-refractivity contribution is -0.137. The van der Waals surface area contributed by atoms with E-state index in [-0.39, 0.29) is 18.1 Å². The molecule has 1 aromatic heterocycles. The van der Waals surface area contributed by atoms with Crippen LogP contribution in [-0.4, -0.2) is 44.7 Å². The van der Waals surface area contributed by atoms with Gasteiger partial charge >= 0.3 is 0 Å². The van der Waals surface area contributed by atoms with Gasteiger partial charge in [-0.25, -0.2) is 4.98 Å². The summed E-state index contributed by atoms with van der Waals surface area (Å²) in [4.78, 5) is 18.6. The van der Waals surface area contributed by atoms with E-state index in [1.807, 2.05) is 35.8 Å². The summed E-state index contributed by atoms with van der Waals surface area (Å²) in [6.45, 7) is 3.06. The van der Waals surface area contributed by atoms with Gasteiger partial charge in [0.25, 0.3) is 0 Å². The highest BCUT2D eigenvalue weighted by Gasteiger charge is 2.27. The van der Waals surface area contributed by atoms with Crippen LogP contribution in [0.25, 0.3) is 11.0 Å². The third-order valence-electron chi connectivity index (χ3n) is 3.96. The fraction of sp³-hybridized carbons (Fsp3) is 0.467. The smallest absolute Gasteiger partial charge is 0.245 e. The Morgan fingerprint density at radius 3 is 3.05 bits per heavy atom. The average Bonchev–Trinajstić information content (AvgIpc) is 2.89. The van der Waals surface area contributed by atoms with E-state index in [0.717, 1.165) is 30.4 Å². The molecule has 5 nitrogen and oxygen atoms in total. The molecular formula is C15H19N3O2. The Labute approximate surface area is 117 Å². The maximum Gasteiger partial charge on any atom is 0.245 e. The van der Waals surface area contributed by atoms with Crippen LogP contribution in [0.4, 0.5) is 0 Å². The highest BCUT2D eigenvalue weighted by atomic mass is 16.3. The summed E-state index contributed by atoms with van der Waals surface area (Å²) in [5.74, 6) is 0.0481. The molecule has 1 aliphatic heterocycles. The van der Waals surface area contributed by atoms with Gasteiger partial charge in [-0.05, 0) is 31.9 Å². The number of para-hydroxylation sites is 2. The van der Waals surface area contributed by atoms with Crippen LogP contribution < -0.4 is 0 Å². The number of nitrogens with zero attached hydrogens (tertiary/aromatic N) is 3. The number of hydrogen-bond acceptors (Lipinski definition) is 3. The van der Waals surface area contributed by atoms with Gasteiger partial charge in [-0.1, -0.05) is 12.1 Å². The number of β-amino-alcohol motifs (C(OH)–C–C–N with tert-alkyl or cyclic N) is 1. The summed E-state index contributed by atoms with van der Waals surface area (Å²) >= 11 is 0. The largest absolute Gasteiger partial charge is 0.391 e. The molecule has 1 fully saturated rings.